The molecule has 2 N–H and O–H groups in total. The number of amides is 1. The number of pyridine rings is 1. The smallest absolute Gasteiger partial charge is 0.251 e. The molecule has 2 atom stereocenters. The van der Waals surface area contributed by atoms with Crippen molar-refractivity contribution >= 4 is 22.5 Å². The molecular formula is C13H21N3O2S. The Balaban J connectivity index is 2.63. The summed E-state index contributed by atoms with van der Waals surface area (Å²) in [6.07, 6.45) is 4.23. The maximum Gasteiger partial charge on any atom is 0.251 e. The predicted molar refractivity (Wildman–Crippen MR) is 78.9 cm³/mol. The Bertz CT molecular complexity index is 451. The van der Waals surface area contributed by atoms with Crippen molar-refractivity contribution in [1.29, 1.82) is 0 Å². The quantitative estimate of drug-likeness (QED) is 0.793. The van der Waals surface area contributed by atoms with Crippen molar-refractivity contribution in [3.05, 3.63) is 23.9 Å². The van der Waals surface area contributed by atoms with E-state index >= 15 is 0 Å². The largest absolute Gasteiger partial charge is 0.370 e. The van der Waals surface area contributed by atoms with Crippen LogP contribution >= 0.6 is 0 Å². The maximum absolute atomic E-state index is 12.0. The molecule has 0 bridgehead atoms. The maximum atomic E-state index is 12.0. The summed E-state index contributed by atoms with van der Waals surface area (Å²) in [6, 6.07) is 3.28. The highest BCUT2D eigenvalue weighted by Crippen LogP contribution is 2.07. The minimum Gasteiger partial charge on any atom is -0.370 e. The predicted octanol–water partition coefficient (Wildman–Crippen LogP) is 1.40. The van der Waals surface area contributed by atoms with Crippen molar-refractivity contribution in [2.45, 2.75) is 26.3 Å². The Labute approximate surface area is 116 Å². The molecule has 1 aromatic rings. The summed E-state index contributed by atoms with van der Waals surface area (Å²) < 4.78 is 11.1. The van der Waals surface area contributed by atoms with Gasteiger partial charge in [-0.15, -0.1) is 0 Å². The van der Waals surface area contributed by atoms with Gasteiger partial charge in [-0.3, -0.25) is 9.00 Å². The van der Waals surface area contributed by atoms with Gasteiger partial charge in [0.15, 0.2) is 0 Å². The van der Waals surface area contributed by atoms with Crippen LogP contribution in [0.25, 0.3) is 0 Å². The normalized spacial score (nSPS) is 13.6. The van der Waals surface area contributed by atoms with Crippen LogP contribution in [0.15, 0.2) is 18.3 Å². The molecule has 19 heavy (non-hydrogen) atoms. The molecule has 1 rings (SSSR count). The van der Waals surface area contributed by atoms with E-state index in [1.54, 1.807) is 24.6 Å². The number of nitrogens with one attached hydrogen (secondary N) is 2. The zero-order chi connectivity index (χ0) is 14.3. The number of nitrogens with zero attached hydrogens (tertiary/aromatic N) is 1. The second-order valence-electron chi connectivity index (χ2n) is 4.47. The number of aromatic nitrogens is 1. The summed E-state index contributed by atoms with van der Waals surface area (Å²) in [5, 5.41) is 5.96. The molecular weight excluding hydrogens is 262 g/mol. The summed E-state index contributed by atoms with van der Waals surface area (Å²) in [5.74, 6) is 0.985. The minimum atomic E-state index is -0.917. The lowest BCUT2D eigenvalue weighted by molar-refractivity contribution is 0.0943. The van der Waals surface area contributed by atoms with Gasteiger partial charge in [0.1, 0.15) is 5.82 Å². The molecule has 0 aliphatic rings. The lowest BCUT2D eigenvalue weighted by Gasteiger charge is -2.13. The van der Waals surface area contributed by atoms with Gasteiger partial charge >= 0.3 is 0 Å². The molecule has 0 saturated heterocycles. The summed E-state index contributed by atoms with van der Waals surface area (Å²) in [5.41, 5.74) is 0.558. The highest BCUT2D eigenvalue weighted by molar-refractivity contribution is 7.84. The molecule has 1 heterocycles. The number of hydrogen-bond donors (Lipinski definition) is 2. The molecule has 0 spiro atoms. The fourth-order valence-corrected chi connectivity index (χ4v) is 2.41. The third-order valence-corrected chi connectivity index (χ3v) is 3.41. The van der Waals surface area contributed by atoms with Gasteiger partial charge in [0, 0.05) is 47.2 Å². The molecule has 0 saturated carbocycles. The zero-order valence-corrected chi connectivity index (χ0v) is 12.4. The average molecular weight is 283 g/mol. The lowest BCUT2D eigenvalue weighted by Crippen LogP contribution is -2.36. The van der Waals surface area contributed by atoms with E-state index in [2.05, 4.69) is 22.5 Å². The van der Waals surface area contributed by atoms with Crippen LogP contribution in [0, 0.1) is 0 Å². The molecule has 0 aliphatic carbocycles. The molecule has 2 unspecified atom stereocenters. The Morgan fingerprint density at radius 2 is 2.26 bits per heavy atom. The van der Waals surface area contributed by atoms with E-state index in [-0.39, 0.29) is 11.9 Å². The van der Waals surface area contributed by atoms with Crippen LogP contribution in [-0.4, -0.2) is 39.7 Å². The SMILES string of the molecule is CCCNc1cc(C(=O)NC(C)CS(C)=O)ccn1. The van der Waals surface area contributed by atoms with E-state index in [0.717, 1.165) is 13.0 Å². The third-order valence-electron chi connectivity index (χ3n) is 2.44. The van der Waals surface area contributed by atoms with Crippen molar-refractivity contribution in [2.24, 2.45) is 0 Å². The monoisotopic (exact) mass is 283 g/mol. The first-order valence-corrected chi connectivity index (χ1v) is 8.06. The van der Waals surface area contributed by atoms with Gasteiger partial charge in [-0.2, -0.15) is 0 Å². The summed E-state index contributed by atoms with van der Waals surface area (Å²) >= 11 is 0. The standard InChI is InChI=1S/C13H21N3O2S/c1-4-6-14-12-8-11(5-7-15-12)13(17)16-10(2)9-19(3)18/h5,7-8,10H,4,6,9H2,1-3H3,(H,14,15)(H,16,17). The van der Waals surface area contributed by atoms with Crippen LogP contribution in [0.4, 0.5) is 5.82 Å². The lowest BCUT2D eigenvalue weighted by atomic mass is 10.2. The molecule has 0 aliphatic heterocycles. The molecule has 0 fully saturated rings. The van der Waals surface area contributed by atoms with E-state index in [9.17, 15) is 9.00 Å². The fourth-order valence-electron chi connectivity index (χ4n) is 1.62. The Hall–Kier alpha value is -1.43. The molecule has 0 radical (unpaired) electrons. The fraction of sp³-hybridized carbons (Fsp3) is 0.538. The Morgan fingerprint density at radius 3 is 2.89 bits per heavy atom. The summed E-state index contributed by atoms with van der Waals surface area (Å²) in [6.45, 7) is 4.73. The van der Waals surface area contributed by atoms with E-state index in [1.807, 2.05) is 6.92 Å². The van der Waals surface area contributed by atoms with E-state index in [1.165, 1.54) is 0 Å². The van der Waals surface area contributed by atoms with E-state index in [0.29, 0.717) is 17.1 Å². The minimum absolute atomic E-state index is 0.112. The van der Waals surface area contributed by atoms with Crippen LogP contribution in [0.5, 0.6) is 0 Å². The summed E-state index contributed by atoms with van der Waals surface area (Å²) in [7, 11) is -0.917. The molecule has 1 amide bonds. The van der Waals surface area contributed by atoms with Crippen molar-refractivity contribution in [1.82, 2.24) is 10.3 Å². The van der Waals surface area contributed by atoms with Gasteiger partial charge in [-0.25, -0.2) is 4.98 Å². The van der Waals surface area contributed by atoms with Gasteiger partial charge < -0.3 is 10.6 Å². The van der Waals surface area contributed by atoms with Gasteiger partial charge in [-0.1, -0.05) is 6.92 Å². The molecule has 6 heteroatoms. The third kappa shape index (κ3) is 5.83. The second-order valence-corrected chi connectivity index (χ2v) is 5.95. The Kier molecular flexibility index (Phi) is 6.49. The number of anilines is 1. The van der Waals surface area contributed by atoms with Crippen molar-refractivity contribution < 1.29 is 9.00 Å². The van der Waals surface area contributed by atoms with E-state index < -0.39 is 10.8 Å². The highest BCUT2D eigenvalue weighted by atomic mass is 32.2. The van der Waals surface area contributed by atoms with E-state index in [4.69, 9.17) is 0 Å². The number of carbonyl (C=O) groups is 1. The highest BCUT2D eigenvalue weighted by Gasteiger charge is 2.11. The number of carbonyl (C=O) groups excluding carboxylic acids is 1. The Morgan fingerprint density at radius 1 is 1.53 bits per heavy atom. The van der Waals surface area contributed by atoms with Gasteiger partial charge in [0.05, 0.1) is 0 Å². The summed E-state index contributed by atoms with van der Waals surface area (Å²) in [4.78, 5) is 16.1. The van der Waals surface area contributed by atoms with Gasteiger partial charge in [0.25, 0.3) is 5.91 Å². The van der Waals surface area contributed by atoms with Crippen LogP contribution < -0.4 is 10.6 Å². The van der Waals surface area contributed by atoms with Crippen LogP contribution in [0.2, 0.25) is 0 Å². The first kappa shape index (κ1) is 15.6. The number of rotatable bonds is 7. The molecule has 0 aromatic carbocycles. The van der Waals surface area contributed by atoms with Crippen LogP contribution in [0.3, 0.4) is 0 Å². The van der Waals surface area contributed by atoms with Crippen molar-refractivity contribution in [2.75, 3.05) is 23.9 Å². The second kappa shape index (κ2) is 7.89. The first-order valence-electron chi connectivity index (χ1n) is 6.33. The van der Waals surface area contributed by atoms with Crippen LogP contribution in [0.1, 0.15) is 30.6 Å². The molecule has 106 valence electrons. The molecule has 1 aromatic heterocycles. The topological polar surface area (TPSA) is 71.1 Å². The zero-order valence-electron chi connectivity index (χ0n) is 11.6. The van der Waals surface area contributed by atoms with Crippen molar-refractivity contribution in [3.63, 3.8) is 0 Å². The average Bonchev–Trinajstić information content (AvgIpc) is 2.35. The number of hydrogen-bond acceptors (Lipinski definition) is 4. The van der Waals surface area contributed by atoms with Crippen molar-refractivity contribution in [3.8, 4) is 0 Å². The van der Waals surface area contributed by atoms with Gasteiger partial charge in [0.2, 0.25) is 0 Å². The first-order chi connectivity index (χ1) is 9.02. The molecule has 5 nitrogen and oxygen atoms in total. The van der Waals surface area contributed by atoms with Gasteiger partial charge in [-0.05, 0) is 25.5 Å². The van der Waals surface area contributed by atoms with Crippen LogP contribution in [-0.2, 0) is 10.8 Å².